The molecule has 0 bridgehead atoms. The molecule has 25 heavy (non-hydrogen) atoms. The predicted octanol–water partition coefficient (Wildman–Crippen LogP) is 1.91. The number of rotatable bonds is 6. The molecule has 1 aliphatic carbocycles. The third-order valence-corrected chi connectivity index (χ3v) is 4.36. The van der Waals surface area contributed by atoms with Crippen molar-refractivity contribution in [1.82, 2.24) is 5.32 Å². The third kappa shape index (κ3) is 4.86. The monoisotopic (exact) mass is 345 g/mol. The molecule has 1 fully saturated rings. The molecule has 1 aromatic rings. The fourth-order valence-electron chi connectivity index (χ4n) is 3.00. The van der Waals surface area contributed by atoms with Gasteiger partial charge in [-0.15, -0.1) is 0 Å². The van der Waals surface area contributed by atoms with Gasteiger partial charge in [-0.05, 0) is 25.0 Å². The summed E-state index contributed by atoms with van der Waals surface area (Å²) in [6, 6.07) is 6.82. The van der Waals surface area contributed by atoms with Crippen molar-refractivity contribution < 1.29 is 19.1 Å². The summed E-state index contributed by atoms with van der Waals surface area (Å²) in [6.07, 6.45) is 5.25. The Morgan fingerprint density at radius 2 is 1.96 bits per heavy atom. The van der Waals surface area contributed by atoms with Crippen LogP contribution in [0, 0.1) is 11.3 Å². The molecule has 0 radical (unpaired) electrons. The van der Waals surface area contributed by atoms with E-state index in [0.29, 0.717) is 18.6 Å². The summed E-state index contributed by atoms with van der Waals surface area (Å²) in [5.74, 6) is -0.399. The van der Waals surface area contributed by atoms with Crippen molar-refractivity contribution in [1.29, 1.82) is 5.26 Å². The van der Waals surface area contributed by atoms with E-state index in [0.717, 1.165) is 25.7 Å². The molecule has 3 N–H and O–H groups in total. The highest BCUT2D eigenvalue weighted by Crippen LogP contribution is 2.27. The normalized spacial score (nSPS) is 16.2. The molecule has 7 heteroatoms. The average Bonchev–Trinajstić information content (AvgIpc) is 2.85. The lowest BCUT2D eigenvalue weighted by Gasteiger charge is -2.26. The fourth-order valence-corrected chi connectivity index (χ4v) is 3.00. The number of nitrogens with one attached hydrogen (secondary N) is 1. The Kier molecular flexibility index (Phi) is 6.23. The zero-order chi connectivity index (χ0) is 18.3. The molecule has 0 aliphatic heterocycles. The van der Waals surface area contributed by atoms with Crippen molar-refractivity contribution in [2.45, 2.75) is 44.1 Å². The molecule has 2 rings (SSSR count). The Labute approximate surface area is 147 Å². The van der Waals surface area contributed by atoms with Crippen molar-refractivity contribution in [2.24, 2.45) is 5.73 Å². The fraction of sp³-hybridized carbons (Fsp3) is 0.500. The smallest absolute Gasteiger partial charge is 0.259 e. The van der Waals surface area contributed by atoms with Crippen molar-refractivity contribution in [3.63, 3.8) is 0 Å². The number of methoxy groups -OCH3 is 1. The minimum Gasteiger partial charge on any atom is -0.497 e. The Morgan fingerprint density at radius 3 is 2.52 bits per heavy atom. The number of primary amides is 1. The lowest BCUT2D eigenvalue weighted by atomic mass is 9.92. The number of nitrogens with zero attached hydrogens (tertiary/aromatic N) is 1. The van der Waals surface area contributed by atoms with Gasteiger partial charge in [0, 0.05) is 6.07 Å². The maximum absolute atomic E-state index is 12.3. The van der Waals surface area contributed by atoms with Gasteiger partial charge in [0.1, 0.15) is 17.0 Å². The number of hydrogen-bond acceptors (Lipinski definition) is 5. The quantitative estimate of drug-likeness (QED) is 0.764. The first-order chi connectivity index (χ1) is 12.0. The summed E-state index contributed by atoms with van der Waals surface area (Å²) in [5.41, 5.74) is 4.65. The van der Waals surface area contributed by atoms with Gasteiger partial charge in [0.15, 0.2) is 6.61 Å². The highest BCUT2D eigenvalue weighted by atomic mass is 16.5. The molecule has 1 saturated carbocycles. The molecular weight excluding hydrogens is 322 g/mol. The zero-order valence-electron chi connectivity index (χ0n) is 14.3. The molecule has 0 aromatic heterocycles. The van der Waals surface area contributed by atoms with E-state index in [1.807, 2.05) is 0 Å². The molecule has 134 valence electrons. The van der Waals surface area contributed by atoms with Gasteiger partial charge in [0.25, 0.3) is 11.8 Å². The lowest BCUT2D eigenvalue weighted by molar-refractivity contribution is -0.124. The first-order valence-corrected chi connectivity index (χ1v) is 8.32. The molecule has 1 aromatic carbocycles. The van der Waals surface area contributed by atoms with Gasteiger partial charge in [-0.2, -0.15) is 5.26 Å². The highest BCUT2D eigenvalue weighted by Gasteiger charge is 2.32. The summed E-state index contributed by atoms with van der Waals surface area (Å²) >= 11 is 0. The minimum absolute atomic E-state index is 0.165. The maximum Gasteiger partial charge on any atom is 0.259 e. The molecule has 7 nitrogen and oxygen atoms in total. The predicted molar refractivity (Wildman–Crippen MR) is 91.2 cm³/mol. The van der Waals surface area contributed by atoms with Crippen molar-refractivity contribution in [3.8, 4) is 17.6 Å². The van der Waals surface area contributed by atoms with Gasteiger partial charge >= 0.3 is 0 Å². The van der Waals surface area contributed by atoms with Gasteiger partial charge in [-0.1, -0.05) is 25.7 Å². The van der Waals surface area contributed by atoms with Crippen LogP contribution in [0.25, 0.3) is 0 Å². The Hall–Kier alpha value is -2.75. The molecule has 0 unspecified atom stereocenters. The van der Waals surface area contributed by atoms with E-state index in [1.165, 1.54) is 19.2 Å². The SMILES string of the molecule is COc1ccc(C(N)=O)c(OCC(=O)NC2(C#N)CCCCCC2)c1. The zero-order valence-corrected chi connectivity index (χ0v) is 14.3. The number of carbonyl (C=O) groups is 2. The number of nitrogens with two attached hydrogens (primary N) is 1. The van der Waals surface area contributed by atoms with Crippen molar-refractivity contribution in [3.05, 3.63) is 23.8 Å². The molecule has 1 aliphatic rings. The first-order valence-electron chi connectivity index (χ1n) is 8.32. The summed E-state index contributed by atoms with van der Waals surface area (Å²) in [4.78, 5) is 23.7. The molecule has 0 atom stereocenters. The first kappa shape index (κ1) is 18.6. The Balaban J connectivity index is 2.04. The van der Waals surface area contributed by atoms with Crippen molar-refractivity contribution in [2.75, 3.05) is 13.7 Å². The van der Waals surface area contributed by atoms with Crippen LogP contribution in [0.15, 0.2) is 18.2 Å². The second kappa shape index (κ2) is 8.38. The van der Waals surface area contributed by atoms with Gasteiger partial charge in [-0.3, -0.25) is 9.59 Å². The van der Waals surface area contributed by atoms with Gasteiger partial charge in [0.2, 0.25) is 0 Å². The third-order valence-electron chi connectivity index (χ3n) is 4.36. The van der Waals surface area contributed by atoms with E-state index in [4.69, 9.17) is 15.2 Å². The highest BCUT2D eigenvalue weighted by molar-refractivity contribution is 5.96. The summed E-state index contributed by atoms with van der Waals surface area (Å²) in [7, 11) is 1.48. The Bertz CT molecular complexity index is 673. The summed E-state index contributed by atoms with van der Waals surface area (Å²) in [5, 5.41) is 12.3. The van der Waals surface area contributed by atoms with E-state index in [1.54, 1.807) is 6.07 Å². The largest absolute Gasteiger partial charge is 0.497 e. The van der Waals surface area contributed by atoms with E-state index in [-0.39, 0.29) is 17.9 Å². The maximum atomic E-state index is 12.3. The van der Waals surface area contributed by atoms with Gasteiger partial charge in [0.05, 0.1) is 18.7 Å². The van der Waals surface area contributed by atoms with Crippen LogP contribution in [-0.4, -0.2) is 31.1 Å². The number of benzene rings is 1. The van der Waals surface area contributed by atoms with Crippen LogP contribution in [0.5, 0.6) is 11.5 Å². The second-order valence-corrected chi connectivity index (χ2v) is 6.17. The summed E-state index contributed by atoms with van der Waals surface area (Å²) < 4.78 is 10.6. The van der Waals surface area contributed by atoms with Crippen LogP contribution in [0.2, 0.25) is 0 Å². The molecule has 0 spiro atoms. The number of nitriles is 1. The molecule has 0 heterocycles. The average molecular weight is 345 g/mol. The number of ether oxygens (including phenoxy) is 2. The van der Waals surface area contributed by atoms with Crippen molar-refractivity contribution >= 4 is 11.8 Å². The van der Waals surface area contributed by atoms with Gasteiger partial charge < -0.3 is 20.5 Å². The number of hydrogen-bond donors (Lipinski definition) is 2. The standard InChI is InChI=1S/C18H23N3O4/c1-24-13-6-7-14(17(20)23)15(10-13)25-11-16(22)21-18(12-19)8-4-2-3-5-9-18/h6-7,10H,2-5,8-9,11H2,1H3,(H2,20,23)(H,21,22). The minimum atomic E-state index is -0.835. The van der Waals surface area contributed by atoms with Crippen LogP contribution in [0.1, 0.15) is 48.9 Å². The number of amides is 2. The van der Waals surface area contributed by atoms with E-state index < -0.39 is 17.4 Å². The van der Waals surface area contributed by atoms with E-state index in [2.05, 4.69) is 11.4 Å². The second-order valence-electron chi connectivity index (χ2n) is 6.17. The lowest BCUT2D eigenvalue weighted by Crippen LogP contribution is -2.48. The van der Waals surface area contributed by atoms with E-state index >= 15 is 0 Å². The molecule has 2 amide bonds. The van der Waals surface area contributed by atoms with Crippen LogP contribution < -0.4 is 20.5 Å². The topological polar surface area (TPSA) is 114 Å². The number of carbonyl (C=O) groups excluding carboxylic acids is 2. The van der Waals surface area contributed by atoms with E-state index in [9.17, 15) is 14.9 Å². The van der Waals surface area contributed by atoms with Crippen LogP contribution in [-0.2, 0) is 4.79 Å². The summed E-state index contributed by atoms with van der Waals surface area (Å²) in [6.45, 7) is -0.309. The van der Waals surface area contributed by atoms with Crippen LogP contribution in [0.4, 0.5) is 0 Å². The van der Waals surface area contributed by atoms with Crippen LogP contribution in [0.3, 0.4) is 0 Å². The molecular formula is C18H23N3O4. The Morgan fingerprint density at radius 1 is 1.28 bits per heavy atom. The van der Waals surface area contributed by atoms with Crippen LogP contribution >= 0.6 is 0 Å². The van der Waals surface area contributed by atoms with Gasteiger partial charge in [-0.25, -0.2) is 0 Å². The molecule has 0 saturated heterocycles.